The molecule has 0 spiro atoms. The molecular formula is C17H15N3O3S2. The molecule has 6 nitrogen and oxygen atoms in total. The van der Waals surface area contributed by atoms with Crippen molar-refractivity contribution in [3.8, 4) is 0 Å². The van der Waals surface area contributed by atoms with Crippen LogP contribution in [0.4, 0.5) is 5.69 Å². The van der Waals surface area contributed by atoms with Gasteiger partial charge in [0.2, 0.25) is 0 Å². The van der Waals surface area contributed by atoms with Crippen LogP contribution in [0.25, 0.3) is 10.2 Å². The van der Waals surface area contributed by atoms with E-state index in [1.165, 1.54) is 22.0 Å². The molecule has 0 atom stereocenters. The third kappa shape index (κ3) is 3.10. The number of thiophene rings is 1. The van der Waals surface area contributed by atoms with Crippen LogP contribution in [0.1, 0.15) is 10.4 Å². The van der Waals surface area contributed by atoms with Crippen LogP contribution in [0, 0.1) is 24.0 Å². The Morgan fingerprint density at radius 2 is 2.12 bits per heavy atom. The zero-order valence-corrected chi connectivity index (χ0v) is 15.3. The fraction of sp³-hybridized carbons (Fsp3) is 0.176. The number of allylic oxidation sites excluding steroid dienone is 1. The van der Waals surface area contributed by atoms with Crippen molar-refractivity contribution >= 4 is 39.0 Å². The number of nitro benzene ring substituents is 1. The van der Waals surface area contributed by atoms with Gasteiger partial charge in [0, 0.05) is 17.5 Å². The molecule has 2 aromatic heterocycles. The lowest BCUT2D eigenvalue weighted by molar-refractivity contribution is -0.387. The van der Waals surface area contributed by atoms with Gasteiger partial charge in [-0.25, -0.2) is 4.98 Å². The van der Waals surface area contributed by atoms with Crippen molar-refractivity contribution in [2.45, 2.75) is 30.4 Å². The number of para-hydroxylation sites is 1. The minimum atomic E-state index is -0.434. The van der Waals surface area contributed by atoms with E-state index in [2.05, 4.69) is 11.6 Å². The van der Waals surface area contributed by atoms with Gasteiger partial charge < -0.3 is 0 Å². The summed E-state index contributed by atoms with van der Waals surface area (Å²) in [6.45, 7) is 7.85. The summed E-state index contributed by atoms with van der Waals surface area (Å²) in [6.07, 6.45) is 1.62. The SMILES string of the molecule is C=CCn1c(Sc2ccccc2[N+](=O)[O-])nc2sc(C)c(C)c2c1=O. The Hall–Kier alpha value is -2.45. The summed E-state index contributed by atoms with van der Waals surface area (Å²) < 4.78 is 1.51. The first-order valence-electron chi connectivity index (χ1n) is 7.46. The molecule has 0 radical (unpaired) electrons. The zero-order valence-electron chi connectivity index (χ0n) is 13.7. The highest BCUT2D eigenvalue weighted by molar-refractivity contribution is 7.99. The van der Waals surface area contributed by atoms with Crippen molar-refractivity contribution in [1.29, 1.82) is 0 Å². The highest BCUT2D eigenvalue weighted by atomic mass is 32.2. The molecule has 3 aromatic rings. The molecule has 0 aliphatic carbocycles. The van der Waals surface area contributed by atoms with E-state index >= 15 is 0 Å². The fourth-order valence-electron chi connectivity index (χ4n) is 2.47. The maximum atomic E-state index is 12.9. The maximum Gasteiger partial charge on any atom is 0.283 e. The van der Waals surface area contributed by atoms with Crippen LogP contribution in [-0.2, 0) is 6.54 Å². The van der Waals surface area contributed by atoms with Gasteiger partial charge in [0.25, 0.3) is 11.2 Å². The number of nitrogens with zero attached hydrogens (tertiary/aromatic N) is 3. The Bertz CT molecular complexity index is 1050. The number of nitro groups is 1. The first-order chi connectivity index (χ1) is 11.9. The van der Waals surface area contributed by atoms with Crippen LogP contribution in [-0.4, -0.2) is 14.5 Å². The van der Waals surface area contributed by atoms with Crippen LogP contribution in [0.3, 0.4) is 0 Å². The van der Waals surface area contributed by atoms with E-state index in [9.17, 15) is 14.9 Å². The van der Waals surface area contributed by atoms with Crippen LogP contribution >= 0.6 is 23.1 Å². The van der Waals surface area contributed by atoms with E-state index in [4.69, 9.17) is 0 Å². The first-order valence-corrected chi connectivity index (χ1v) is 9.10. The van der Waals surface area contributed by atoms with Gasteiger partial charge in [-0.05, 0) is 37.2 Å². The largest absolute Gasteiger partial charge is 0.283 e. The minimum Gasteiger partial charge on any atom is -0.283 e. The molecule has 2 heterocycles. The molecular weight excluding hydrogens is 358 g/mol. The predicted octanol–water partition coefficient (Wildman–Crippen LogP) is 4.32. The van der Waals surface area contributed by atoms with Gasteiger partial charge in [0.1, 0.15) is 4.83 Å². The van der Waals surface area contributed by atoms with E-state index in [1.807, 2.05) is 13.8 Å². The van der Waals surface area contributed by atoms with Crippen molar-refractivity contribution < 1.29 is 4.92 Å². The van der Waals surface area contributed by atoms with Gasteiger partial charge in [-0.2, -0.15) is 0 Å². The molecule has 0 aliphatic rings. The van der Waals surface area contributed by atoms with Crippen LogP contribution in [0.5, 0.6) is 0 Å². The standard InChI is InChI=1S/C17H15N3O3S2/c1-4-9-19-16(21)14-10(2)11(3)24-15(14)18-17(19)25-13-8-6-5-7-12(13)20(22)23/h4-8H,1,9H2,2-3H3. The number of aromatic nitrogens is 2. The number of hydrogen-bond donors (Lipinski definition) is 0. The molecule has 0 bridgehead atoms. The van der Waals surface area contributed by atoms with Gasteiger partial charge in [-0.1, -0.05) is 18.2 Å². The quantitative estimate of drug-likeness (QED) is 0.288. The molecule has 3 rings (SSSR count). The molecule has 0 unspecified atom stereocenters. The normalized spacial score (nSPS) is 11.0. The number of rotatable bonds is 5. The van der Waals surface area contributed by atoms with Gasteiger partial charge in [-0.15, -0.1) is 17.9 Å². The lowest BCUT2D eigenvalue weighted by atomic mass is 10.2. The topological polar surface area (TPSA) is 78.0 Å². The van der Waals surface area contributed by atoms with E-state index in [1.54, 1.807) is 24.3 Å². The zero-order chi connectivity index (χ0) is 18.1. The third-order valence-electron chi connectivity index (χ3n) is 3.83. The molecule has 128 valence electrons. The van der Waals surface area contributed by atoms with Crippen LogP contribution < -0.4 is 5.56 Å². The van der Waals surface area contributed by atoms with Gasteiger partial charge in [0.05, 0.1) is 15.2 Å². The smallest absolute Gasteiger partial charge is 0.283 e. The summed E-state index contributed by atoms with van der Waals surface area (Å²) in [7, 11) is 0. The summed E-state index contributed by atoms with van der Waals surface area (Å²) in [6, 6.07) is 6.43. The number of benzene rings is 1. The van der Waals surface area contributed by atoms with Gasteiger partial charge in [0.15, 0.2) is 5.16 Å². The fourth-order valence-corrected chi connectivity index (χ4v) is 4.54. The van der Waals surface area contributed by atoms with Crippen LogP contribution in [0.15, 0.2) is 51.8 Å². The number of aryl methyl sites for hydroxylation is 2. The Balaban J connectivity index is 2.22. The Kier molecular flexibility index (Phi) is 4.73. The average molecular weight is 373 g/mol. The second kappa shape index (κ2) is 6.81. The molecule has 0 amide bonds. The van der Waals surface area contributed by atoms with E-state index in [-0.39, 0.29) is 11.2 Å². The second-order valence-electron chi connectivity index (χ2n) is 5.39. The number of hydrogen-bond acceptors (Lipinski definition) is 6. The van der Waals surface area contributed by atoms with E-state index in [0.29, 0.717) is 26.8 Å². The van der Waals surface area contributed by atoms with Crippen molar-refractivity contribution in [3.63, 3.8) is 0 Å². The third-order valence-corrected chi connectivity index (χ3v) is 5.99. The highest BCUT2D eigenvalue weighted by Crippen LogP contribution is 2.35. The van der Waals surface area contributed by atoms with Gasteiger partial charge >= 0.3 is 0 Å². The minimum absolute atomic E-state index is 0.00876. The Labute approximate surface area is 152 Å². The Morgan fingerprint density at radius 1 is 1.40 bits per heavy atom. The summed E-state index contributed by atoms with van der Waals surface area (Å²) >= 11 is 2.58. The molecule has 1 aromatic carbocycles. The molecule has 8 heteroatoms. The highest BCUT2D eigenvalue weighted by Gasteiger charge is 2.20. The number of fused-ring (bicyclic) bond motifs is 1. The molecule has 0 N–H and O–H groups in total. The molecule has 0 fully saturated rings. The first kappa shape index (κ1) is 17.4. The van der Waals surface area contributed by atoms with Crippen molar-refractivity contribution in [2.24, 2.45) is 0 Å². The lowest BCUT2D eigenvalue weighted by Crippen LogP contribution is -2.22. The second-order valence-corrected chi connectivity index (χ2v) is 7.60. The summed E-state index contributed by atoms with van der Waals surface area (Å²) in [5, 5.41) is 12.3. The van der Waals surface area contributed by atoms with Crippen molar-refractivity contribution in [3.05, 3.63) is 67.8 Å². The average Bonchev–Trinajstić information content (AvgIpc) is 2.86. The maximum absolute atomic E-state index is 12.9. The van der Waals surface area contributed by atoms with Gasteiger partial charge in [-0.3, -0.25) is 19.5 Å². The molecule has 0 aliphatic heterocycles. The van der Waals surface area contributed by atoms with Crippen LogP contribution in [0.2, 0.25) is 0 Å². The lowest BCUT2D eigenvalue weighted by Gasteiger charge is -2.10. The van der Waals surface area contributed by atoms with Crippen molar-refractivity contribution in [2.75, 3.05) is 0 Å². The van der Waals surface area contributed by atoms with Crippen molar-refractivity contribution in [1.82, 2.24) is 9.55 Å². The summed E-state index contributed by atoms with van der Waals surface area (Å²) in [5.41, 5.74) is 0.774. The van der Waals surface area contributed by atoms with E-state index in [0.717, 1.165) is 22.2 Å². The molecule has 0 saturated carbocycles. The predicted molar refractivity (Wildman–Crippen MR) is 101 cm³/mol. The molecule has 25 heavy (non-hydrogen) atoms. The van der Waals surface area contributed by atoms with E-state index < -0.39 is 4.92 Å². The molecule has 0 saturated heterocycles. The Morgan fingerprint density at radius 3 is 2.80 bits per heavy atom. The monoisotopic (exact) mass is 373 g/mol. The summed E-state index contributed by atoms with van der Waals surface area (Å²) in [5.74, 6) is 0. The summed E-state index contributed by atoms with van der Waals surface area (Å²) in [4.78, 5) is 30.5.